The van der Waals surface area contributed by atoms with E-state index >= 15 is 0 Å². The lowest BCUT2D eigenvalue weighted by Gasteiger charge is -2.33. The van der Waals surface area contributed by atoms with E-state index in [2.05, 4.69) is 28.9 Å². The van der Waals surface area contributed by atoms with Crippen LogP contribution in [0.3, 0.4) is 0 Å². The molecule has 1 rings (SSSR count). The Kier molecular flexibility index (Phi) is 4.02. The molecule has 13 heavy (non-hydrogen) atoms. The summed E-state index contributed by atoms with van der Waals surface area (Å²) in [6.45, 7) is 6.18. The van der Waals surface area contributed by atoms with Crippen molar-refractivity contribution in [2.75, 3.05) is 33.2 Å². The number of hydrogen-bond acceptors (Lipinski definition) is 3. The number of piperazine rings is 1. The summed E-state index contributed by atoms with van der Waals surface area (Å²) < 4.78 is 0. The van der Waals surface area contributed by atoms with E-state index in [1.165, 1.54) is 0 Å². The fraction of sp³-hybridized carbons (Fsp3) is 0.889. The molecule has 4 heteroatoms. The lowest BCUT2D eigenvalue weighted by Crippen LogP contribution is -2.47. The highest BCUT2D eigenvalue weighted by atomic mass is 16.4. The molecule has 1 N–H and O–H groups in total. The predicted octanol–water partition coefficient (Wildman–Crippen LogP) is 0.822. The van der Waals surface area contributed by atoms with Crippen molar-refractivity contribution in [2.45, 2.75) is 19.8 Å². The van der Waals surface area contributed by atoms with E-state index in [1.807, 2.05) is 0 Å². The lowest BCUT2D eigenvalue weighted by atomic mass is 10.2. The highest BCUT2D eigenvalue weighted by Crippen LogP contribution is 2.04. The van der Waals surface area contributed by atoms with Gasteiger partial charge in [-0.3, -0.25) is 0 Å². The summed E-state index contributed by atoms with van der Waals surface area (Å²) in [7, 11) is 2.12. The first-order valence-electron chi connectivity index (χ1n) is 4.92. The minimum Gasteiger partial charge on any atom is -0.409 e. The Morgan fingerprint density at radius 3 is 2.38 bits per heavy atom. The Morgan fingerprint density at radius 1 is 1.31 bits per heavy atom. The van der Waals surface area contributed by atoms with Crippen LogP contribution in [0.1, 0.15) is 19.8 Å². The quantitative estimate of drug-likeness (QED) is 0.300. The van der Waals surface area contributed by atoms with Gasteiger partial charge < -0.3 is 15.0 Å². The Bertz CT molecular complexity index is 174. The second kappa shape index (κ2) is 5.07. The van der Waals surface area contributed by atoms with Gasteiger partial charge in [0.05, 0.1) is 0 Å². The van der Waals surface area contributed by atoms with Gasteiger partial charge >= 0.3 is 0 Å². The van der Waals surface area contributed by atoms with Gasteiger partial charge in [-0.1, -0.05) is 12.1 Å². The second-order valence-corrected chi connectivity index (χ2v) is 3.56. The summed E-state index contributed by atoms with van der Waals surface area (Å²) in [5.41, 5.74) is 0. The second-order valence-electron chi connectivity index (χ2n) is 3.56. The van der Waals surface area contributed by atoms with Crippen LogP contribution in [0.5, 0.6) is 0 Å². The maximum atomic E-state index is 8.81. The van der Waals surface area contributed by atoms with Crippen LogP contribution in [-0.4, -0.2) is 54.1 Å². The number of oxime groups is 1. The molecule has 1 aliphatic rings. The summed E-state index contributed by atoms with van der Waals surface area (Å²) in [6, 6.07) is 0. The monoisotopic (exact) mass is 185 g/mol. The largest absolute Gasteiger partial charge is 0.409 e. The highest BCUT2D eigenvalue weighted by molar-refractivity contribution is 5.81. The number of amidine groups is 1. The molecule has 76 valence electrons. The standard InChI is InChI=1S/C9H19N3O/c1-3-4-9(10-13)12-7-5-11(2)6-8-12/h13H,3-8H2,1-2H3/b10-9+. The highest BCUT2D eigenvalue weighted by Gasteiger charge is 2.16. The SMILES string of the molecule is CCC/C(=N\O)N1CCN(C)CC1. The fourth-order valence-electron chi connectivity index (χ4n) is 1.56. The van der Waals surface area contributed by atoms with Gasteiger partial charge in [-0.25, -0.2) is 0 Å². The van der Waals surface area contributed by atoms with E-state index in [0.717, 1.165) is 44.9 Å². The van der Waals surface area contributed by atoms with Crippen molar-refractivity contribution < 1.29 is 5.21 Å². The molecule has 0 aromatic heterocycles. The average Bonchev–Trinajstić information content (AvgIpc) is 2.16. The molecule has 0 bridgehead atoms. The van der Waals surface area contributed by atoms with Gasteiger partial charge in [0.1, 0.15) is 5.84 Å². The average molecular weight is 185 g/mol. The molecule has 0 aromatic rings. The van der Waals surface area contributed by atoms with Gasteiger partial charge in [0.25, 0.3) is 0 Å². The number of likely N-dealkylation sites (N-methyl/N-ethyl adjacent to an activating group) is 1. The Labute approximate surface area is 79.8 Å². The van der Waals surface area contributed by atoms with E-state index < -0.39 is 0 Å². The van der Waals surface area contributed by atoms with E-state index in [0.29, 0.717) is 0 Å². The van der Waals surface area contributed by atoms with Crippen LogP contribution in [0.4, 0.5) is 0 Å². The van der Waals surface area contributed by atoms with Crippen molar-refractivity contribution >= 4 is 5.84 Å². The maximum absolute atomic E-state index is 8.81. The molecule has 1 fully saturated rings. The van der Waals surface area contributed by atoms with Crippen molar-refractivity contribution in [3.05, 3.63) is 0 Å². The first-order valence-corrected chi connectivity index (χ1v) is 4.92. The maximum Gasteiger partial charge on any atom is 0.144 e. The number of hydrogen-bond donors (Lipinski definition) is 1. The Balaban J connectivity index is 2.42. The van der Waals surface area contributed by atoms with Crippen LogP contribution >= 0.6 is 0 Å². The summed E-state index contributed by atoms with van der Waals surface area (Å²) >= 11 is 0. The molecule has 0 aromatic carbocycles. The first-order chi connectivity index (χ1) is 6.27. The molecule has 0 aliphatic carbocycles. The Morgan fingerprint density at radius 2 is 1.92 bits per heavy atom. The molecule has 1 aliphatic heterocycles. The molecule has 0 atom stereocenters. The smallest absolute Gasteiger partial charge is 0.144 e. The van der Waals surface area contributed by atoms with Crippen LogP contribution in [0.25, 0.3) is 0 Å². The molecular formula is C9H19N3O. The molecule has 0 radical (unpaired) electrons. The third-order valence-electron chi connectivity index (χ3n) is 2.46. The topological polar surface area (TPSA) is 39.1 Å². The molecule has 0 unspecified atom stereocenters. The minimum atomic E-state index is 0.843. The van der Waals surface area contributed by atoms with E-state index in [4.69, 9.17) is 5.21 Å². The fourth-order valence-corrected chi connectivity index (χ4v) is 1.56. The summed E-state index contributed by atoms with van der Waals surface area (Å²) in [5, 5.41) is 12.2. The van der Waals surface area contributed by atoms with Crippen molar-refractivity contribution in [1.82, 2.24) is 9.80 Å². The predicted molar refractivity (Wildman–Crippen MR) is 53.2 cm³/mol. The summed E-state index contributed by atoms with van der Waals surface area (Å²) in [4.78, 5) is 4.46. The van der Waals surface area contributed by atoms with Gasteiger partial charge in [0, 0.05) is 32.6 Å². The van der Waals surface area contributed by atoms with Gasteiger partial charge in [0.2, 0.25) is 0 Å². The van der Waals surface area contributed by atoms with Crippen molar-refractivity contribution in [3.63, 3.8) is 0 Å². The number of rotatable bonds is 2. The van der Waals surface area contributed by atoms with Gasteiger partial charge in [0.15, 0.2) is 0 Å². The van der Waals surface area contributed by atoms with Gasteiger partial charge in [-0.2, -0.15) is 0 Å². The minimum absolute atomic E-state index is 0.843. The van der Waals surface area contributed by atoms with Crippen LogP contribution in [0.15, 0.2) is 5.16 Å². The van der Waals surface area contributed by atoms with Crippen LogP contribution in [0.2, 0.25) is 0 Å². The third kappa shape index (κ3) is 2.88. The lowest BCUT2D eigenvalue weighted by molar-refractivity contribution is 0.204. The molecule has 0 amide bonds. The zero-order chi connectivity index (χ0) is 9.68. The van der Waals surface area contributed by atoms with Crippen LogP contribution < -0.4 is 0 Å². The molecule has 4 nitrogen and oxygen atoms in total. The van der Waals surface area contributed by atoms with E-state index in [9.17, 15) is 0 Å². The van der Waals surface area contributed by atoms with Crippen molar-refractivity contribution in [2.24, 2.45) is 5.16 Å². The van der Waals surface area contributed by atoms with Gasteiger partial charge in [-0.05, 0) is 13.5 Å². The zero-order valence-electron chi connectivity index (χ0n) is 8.53. The van der Waals surface area contributed by atoms with E-state index in [-0.39, 0.29) is 0 Å². The molecule has 0 spiro atoms. The van der Waals surface area contributed by atoms with Crippen molar-refractivity contribution in [1.29, 1.82) is 0 Å². The summed E-state index contributed by atoms with van der Waals surface area (Å²) in [6.07, 6.45) is 1.91. The third-order valence-corrected chi connectivity index (χ3v) is 2.46. The molecule has 1 heterocycles. The van der Waals surface area contributed by atoms with Crippen molar-refractivity contribution in [3.8, 4) is 0 Å². The molecule has 0 saturated carbocycles. The van der Waals surface area contributed by atoms with Crippen LogP contribution in [0, 0.1) is 0 Å². The van der Waals surface area contributed by atoms with Gasteiger partial charge in [-0.15, -0.1) is 0 Å². The Hall–Kier alpha value is -0.770. The molecule has 1 saturated heterocycles. The van der Waals surface area contributed by atoms with Crippen LogP contribution in [-0.2, 0) is 0 Å². The van der Waals surface area contributed by atoms with E-state index in [1.54, 1.807) is 0 Å². The first kappa shape index (κ1) is 10.3. The summed E-state index contributed by atoms with van der Waals surface area (Å²) in [5.74, 6) is 0.843. The molecular weight excluding hydrogens is 166 g/mol. The number of nitrogens with zero attached hydrogens (tertiary/aromatic N) is 3. The normalized spacial score (nSPS) is 20.8. The zero-order valence-corrected chi connectivity index (χ0v) is 8.53.